The van der Waals surface area contributed by atoms with E-state index in [0.717, 1.165) is 11.1 Å². The van der Waals surface area contributed by atoms with Crippen LogP contribution in [0.25, 0.3) is 0 Å². The van der Waals surface area contributed by atoms with Gasteiger partial charge in [0, 0.05) is 0 Å². The molecule has 0 bridgehead atoms. The monoisotopic (exact) mass is 318 g/mol. The van der Waals surface area contributed by atoms with E-state index < -0.39 is 3.98 Å². The lowest BCUT2D eigenvalue weighted by molar-refractivity contribution is 0.320. The highest BCUT2D eigenvalue weighted by Crippen LogP contribution is 2.30. The van der Waals surface area contributed by atoms with Gasteiger partial charge in [0.15, 0.2) is 0 Å². The molecule has 0 aliphatic heterocycles. The molecule has 2 aromatic rings. The molecule has 0 atom stereocenters. The van der Waals surface area contributed by atoms with Gasteiger partial charge in [-0.25, -0.2) is 4.39 Å². The van der Waals surface area contributed by atoms with Gasteiger partial charge in [0.05, 0.1) is 0 Å². The largest absolute Gasteiger partial charge is 0.446 e. The van der Waals surface area contributed by atoms with Crippen LogP contribution in [0.4, 0.5) is 4.39 Å². The van der Waals surface area contributed by atoms with E-state index in [9.17, 15) is 4.39 Å². The molecule has 5 heteroatoms. The number of benzene rings is 2. The fourth-order valence-electron chi connectivity index (χ4n) is 1.65. The molecule has 0 unspecified atom stereocenters. The first-order valence-corrected chi connectivity index (χ1v) is 6.65. The average molecular weight is 320 g/mol. The van der Waals surface area contributed by atoms with E-state index in [1.165, 1.54) is 12.1 Å². The summed E-state index contributed by atoms with van der Waals surface area (Å²) >= 11 is 16.6. The van der Waals surface area contributed by atoms with Crippen LogP contribution < -0.4 is 4.74 Å². The number of hydrogen-bond acceptors (Lipinski definition) is 1. The molecule has 0 radical (unpaired) electrons. The zero-order valence-electron chi connectivity index (χ0n) is 9.75. The normalized spacial score (nSPS) is 11.4. The maximum Gasteiger partial charge on any atom is 0.338 e. The molecule has 0 saturated carbocycles. The van der Waals surface area contributed by atoms with Crippen molar-refractivity contribution in [2.45, 2.75) is 10.4 Å². The van der Waals surface area contributed by atoms with Crippen LogP contribution in [-0.2, 0) is 6.42 Å². The molecule has 0 amide bonds. The standard InChI is InChI=1S/C14H10Cl3FO/c15-14(16,17)19-13-7-3-11(4-8-13)9-10-1-5-12(18)6-2-10/h1-8H,9H2. The molecule has 1 nitrogen and oxygen atoms in total. The average Bonchev–Trinajstić information content (AvgIpc) is 2.33. The first-order chi connectivity index (χ1) is 8.92. The fraction of sp³-hybridized carbons (Fsp3) is 0.143. The van der Waals surface area contributed by atoms with Gasteiger partial charge in [-0.15, -0.1) is 0 Å². The molecule has 0 aromatic heterocycles. The lowest BCUT2D eigenvalue weighted by Crippen LogP contribution is -2.12. The van der Waals surface area contributed by atoms with Gasteiger partial charge >= 0.3 is 3.98 Å². The van der Waals surface area contributed by atoms with Gasteiger partial charge in [0.1, 0.15) is 11.6 Å². The van der Waals surface area contributed by atoms with E-state index in [4.69, 9.17) is 39.5 Å². The summed E-state index contributed by atoms with van der Waals surface area (Å²) in [4.78, 5) is 0. The topological polar surface area (TPSA) is 9.23 Å². The summed E-state index contributed by atoms with van der Waals surface area (Å²) in [7, 11) is 0. The third-order valence-electron chi connectivity index (χ3n) is 2.48. The number of rotatable bonds is 3. The molecule has 0 aliphatic rings. The zero-order valence-corrected chi connectivity index (χ0v) is 12.0. The first kappa shape index (κ1) is 14.4. The molecular formula is C14H10Cl3FO. The van der Waals surface area contributed by atoms with Gasteiger partial charge < -0.3 is 4.74 Å². The van der Waals surface area contributed by atoms with E-state index in [1.54, 1.807) is 24.3 Å². The molecule has 100 valence electrons. The van der Waals surface area contributed by atoms with Crippen LogP contribution in [0.1, 0.15) is 11.1 Å². The second-order valence-electron chi connectivity index (χ2n) is 3.99. The third-order valence-corrected chi connectivity index (χ3v) is 2.71. The Labute approximate surface area is 125 Å². The fourth-order valence-corrected chi connectivity index (χ4v) is 1.91. The van der Waals surface area contributed by atoms with Crippen molar-refractivity contribution in [3.8, 4) is 5.75 Å². The van der Waals surface area contributed by atoms with Crippen LogP contribution >= 0.6 is 34.8 Å². The van der Waals surface area contributed by atoms with Gasteiger partial charge in [-0.3, -0.25) is 0 Å². The highest BCUT2D eigenvalue weighted by Gasteiger charge is 2.21. The summed E-state index contributed by atoms with van der Waals surface area (Å²) in [5.41, 5.74) is 2.08. The second-order valence-corrected chi connectivity index (χ2v) is 6.17. The smallest absolute Gasteiger partial charge is 0.338 e. The quantitative estimate of drug-likeness (QED) is 0.713. The van der Waals surface area contributed by atoms with E-state index in [-0.39, 0.29) is 5.82 Å². The van der Waals surface area contributed by atoms with Crippen LogP contribution in [0.5, 0.6) is 5.75 Å². The van der Waals surface area contributed by atoms with Crippen molar-refractivity contribution in [1.29, 1.82) is 0 Å². The SMILES string of the molecule is Fc1ccc(Cc2ccc(OC(Cl)(Cl)Cl)cc2)cc1. The molecule has 19 heavy (non-hydrogen) atoms. The molecule has 0 fully saturated rings. The summed E-state index contributed by atoms with van der Waals surface area (Å²) in [6.07, 6.45) is 0.703. The van der Waals surface area contributed by atoms with E-state index >= 15 is 0 Å². The maximum atomic E-state index is 12.8. The van der Waals surface area contributed by atoms with E-state index in [0.29, 0.717) is 12.2 Å². The van der Waals surface area contributed by atoms with Crippen molar-refractivity contribution in [3.63, 3.8) is 0 Å². The van der Waals surface area contributed by atoms with Crippen molar-refractivity contribution in [1.82, 2.24) is 0 Å². The van der Waals surface area contributed by atoms with Crippen LogP contribution in [-0.4, -0.2) is 3.98 Å². The van der Waals surface area contributed by atoms with Gasteiger partial charge in [-0.05, 0) is 76.6 Å². The van der Waals surface area contributed by atoms with Crippen LogP contribution in [0, 0.1) is 5.82 Å². The summed E-state index contributed by atoms with van der Waals surface area (Å²) < 4.78 is 16.1. The predicted octanol–water partition coefficient (Wildman–Crippen LogP) is 5.12. The van der Waals surface area contributed by atoms with Crippen molar-refractivity contribution >= 4 is 34.8 Å². The summed E-state index contributed by atoms with van der Waals surface area (Å²) in [6.45, 7) is 0. The summed E-state index contributed by atoms with van der Waals surface area (Å²) in [6, 6.07) is 13.6. The highest BCUT2D eigenvalue weighted by atomic mass is 35.6. The predicted molar refractivity (Wildman–Crippen MR) is 76.6 cm³/mol. The molecule has 2 aromatic carbocycles. The van der Waals surface area contributed by atoms with Gasteiger partial charge in [0.25, 0.3) is 0 Å². The molecule has 0 spiro atoms. The highest BCUT2D eigenvalue weighted by molar-refractivity contribution is 6.66. The van der Waals surface area contributed by atoms with Crippen LogP contribution in [0.2, 0.25) is 0 Å². The Morgan fingerprint density at radius 3 is 1.79 bits per heavy atom. The molecule has 0 N–H and O–H groups in total. The summed E-state index contributed by atoms with van der Waals surface area (Å²) in [5.74, 6) is 0.234. The van der Waals surface area contributed by atoms with Gasteiger partial charge in [-0.1, -0.05) is 24.3 Å². The Kier molecular flexibility index (Phi) is 4.56. The molecule has 0 saturated heterocycles. The lowest BCUT2D eigenvalue weighted by atomic mass is 10.1. The number of alkyl halides is 3. The Morgan fingerprint density at radius 2 is 1.32 bits per heavy atom. The Morgan fingerprint density at radius 1 is 0.842 bits per heavy atom. The van der Waals surface area contributed by atoms with Crippen molar-refractivity contribution in [3.05, 3.63) is 65.5 Å². The molecule has 2 rings (SSSR count). The molecular weight excluding hydrogens is 310 g/mol. The van der Waals surface area contributed by atoms with Crippen molar-refractivity contribution in [2.75, 3.05) is 0 Å². The minimum atomic E-state index is -1.77. The van der Waals surface area contributed by atoms with Crippen molar-refractivity contribution in [2.24, 2.45) is 0 Å². The van der Waals surface area contributed by atoms with E-state index in [1.807, 2.05) is 12.1 Å². The third kappa shape index (κ3) is 4.90. The number of ether oxygens (including phenoxy) is 1. The minimum Gasteiger partial charge on any atom is -0.446 e. The number of hydrogen-bond donors (Lipinski definition) is 0. The van der Waals surface area contributed by atoms with Crippen LogP contribution in [0.15, 0.2) is 48.5 Å². The second kappa shape index (κ2) is 6.00. The minimum absolute atomic E-state index is 0.241. The summed E-state index contributed by atoms with van der Waals surface area (Å²) in [5, 5.41) is 0. The maximum absolute atomic E-state index is 12.8. The molecule has 0 heterocycles. The first-order valence-electron chi connectivity index (χ1n) is 5.51. The van der Waals surface area contributed by atoms with Crippen LogP contribution in [0.3, 0.4) is 0 Å². The zero-order chi connectivity index (χ0) is 13.9. The van der Waals surface area contributed by atoms with E-state index in [2.05, 4.69) is 0 Å². The van der Waals surface area contributed by atoms with Gasteiger partial charge in [-0.2, -0.15) is 0 Å². The lowest BCUT2D eigenvalue weighted by Gasteiger charge is -2.13. The number of halogens is 4. The Bertz CT molecular complexity index is 532. The van der Waals surface area contributed by atoms with Crippen molar-refractivity contribution < 1.29 is 9.13 Å². The molecule has 0 aliphatic carbocycles. The Hall–Kier alpha value is -0.960. The van der Waals surface area contributed by atoms with Gasteiger partial charge in [0.2, 0.25) is 0 Å². The Balaban J connectivity index is 2.04.